The van der Waals surface area contributed by atoms with Gasteiger partial charge in [-0.15, -0.1) is 0 Å². The second-order valence-corrected chi connectivity index (χ2v) is 11.8. The number of likely N-dealkylation sites (tertiary alicyclic amines) is 1. The van der Waals surface area contributed by atoms with E-state index in [0.717, 1.165) is 36.8 Å². The fourth-order valence-corrected chi connectivity index (χ4v) is 6.54. The van der Waals surface area contributed by atoms with E-state index in [4.69, 9.17) is 11.6 Å². The Labute approximate surface area is 246 Å². The molecule has 4 amide bonds. The van der Waals surface area contributed by atoms with Crippen molar-refractivity contribution in [1.82, 2.24) is 15.1 Å². The summed E-state index contributed by atoms with van der Waals surface area (Å²) in [6.07, 6.45) is 10.5. The van der Waals surface area contributed by atoms with Gasteiger partial charge in [-0.2, -0.15) is 0 Å². The summed E-state index contributed by atoms with van der Waals surface area (Å²) in [5.74, 6) is -1.57. The van der Waals surface area contributed by atoms with Gasteiger partial charge >= 0.3 is 0 Å². The van der Waals surface area contributed by atoms with Crippen LogP contribution in [0.2, 0.25) is 5.02 Å². The summed E-state index contributed by atoms with van der Waals surface area (Å²) in [6, 6.07) is 16.3. The minimum Gasteiger partial charge on any atom is -0.352 e. The van der Waals surface area contributed by atoms with Crippen LogP contribution < -0.4 is 5.32 Å². The summed E-state index contributed by atoms with van der Waals surface area (Å²) in [4.78, 5) is 56.8. The normalized spacial score (nSPS) is 21.4. The number of allylic oxidation sites excluding steroid dienone is 2. The van der Waals surface area contributed by atoms with Crippen LogP contribution in [0, 0.1) is 11.8 Å². The SMILES string of the molecule is O=C(NC1CCCCC1)C(Cc1ccccc1)N(Cc1ccccc1Cl)C(=O)CCN1C(=O)[C@H]2CC=CC[C@H]2C1=O. The van der Waals surface area contributed by atoms with Gasteiger partial charge in [-0.1, -0.05) is 91.5 Å². The van der Waals surface area contributed by atoms with Gasteiger partial charge in [0.05, 0.1) is 11.8 Å². The van der Waals surface area contributed by atoms with E-state index >= 15 is 0 Å². The van der Waals surface area contributed by atoms with Gasteiger partial charge in [-0.25, -0.2) is 0 Å². The van der Waals surface area contributed by atoms with E-state index in [0.29, 0.717) is 24.3 Å². The highest BCUT2D eigenvalue weighted by Gasteiger charge is 2.47. The van der Waals surface area contributed by atoms with Gasteiger partial charge in [0, 0.05) is 37.0 Å². The van der Waals surface area contributed by atoms with E-state index in [2.05, 4.69) is 5.32 Å². The largest absolute Gasteiger partial charge is 0.352 e. The topological polar surface area (TPSA) is 86.8 Å². The summed E-state index contributed by atoms with van der Waals surface area (Å²) in [7, 11) is 0. The van der Waals surface area contributed by atoms with Crippen LogP contribution >= 0.6 is 11.6 Å². The maximum absolute atomic E-state index is 14.0. The third kappa shape index (κ3) is 6.89. The average Bonchev–Trinajstić information content (AvgIpc) is 3.24. The maximum Gasteiger partial charge on any atom is 0.243 e. The molecule has 1 saturated heterocycles. The zero-order chi connectivity index (χ0) is 28.8. The van der Waals surface area contributed by atoms with Crippen molar-refractivity contribution in [2.45, 2.75) is 76.4 Å². The van der Waals surface area contributed by atoms with Crippen LogP contribution in [0.1, 0.15) is 62.5 Å². The first kappa shape index (κ1) is 29.1. The molecule has 1 unspecified atom stereocenters. The molecular weight excluding hydrogens is 538 g/mol. The lowest BCUT2D eigenvalue weighted by Crippen LogP contribution is -2.53. The number of benzene rings is 2. The number of amides is 4. The quantitative estimate of drug-likeness (QED) is 0.316. The highest BCUT2D eigenvalue weighted by Crippen LogP contribution is 2.35. The van der Waals surface area contributed by atoms with Crippen molar-refractivity contribution in [3.05, 3.63) is 82.9 Å². The van der Waals surface area contributed by atoms with Crippen molar-refractivity contribution in [2.24, 2.45) is 11.8 Å². The molecule has 2 aromatic carbocycles. The third-order valence-corrected chi connectivity index (χ3v) is 9.04. The van der Waals surface area contributed by atoms with Crippen LogP contribution in [-0.4, -0.2) is 52.1 Å². The second kappa shape index (κ2) is 13.5. The van der Waals surface area contributed by atoms with E-state index in [1.54, 1.807) is 11.0 Å². The van der Waals surface area contributed by atoms with Gasteiger partial charge in [-0.05, 0) is 42.9 Å². The van der Waals surface area contributed by atoms with Gasteiger partial charge in [0.2, 0.25) is 23.6 Å². The van der Waals surface area contributed by atoms with Crippen molar-refractivity contribution < 1.29 is 19.2 Å². The molecule has 41 heavy (non-hydrogen) atoms. The minimum atomic E-state index is -0.778. The van der Waals surface area contributed by atoms with Gasteiger partial charge in [0.1, 0.15) is 6.04 Å². The van der Waals surface area contributed by atoms with Crippen molar-refractivity contribution >= 4 is 35.2 Å². The Balaban J connectivity index is 1.39. The number of hydrogen-bond donors (Lipinski definition) is 1. The molecule has 1 heterocycles. The Morgan fingerprint density at radius 2 is 1.54 bits per heavy atom. The summed E-state index contributed by atoms with van der Waals surface area (Å²) in [6.45, 7) is 0.149. The van der Waals surface area contributed by atoms with E-state index in [-0.39, 0.29) is 61.0 Å². The Bertz CT molecular complexity index is 1260. The van der Waals surface area contributed by atoms with Gasteiger partial charge in [-0.3, -0.25) is 24.1 Å². The molecule has 216 valence electrons. The van der Waals surface area contributed by atoms with Crippen LogP contribution in [0.25, 0.3) is 0 Å². The molecule has 0 bridgehead atoms. The number of fused-ring (bicyclic) bond motifs is 1. The number of carbonyl (C=O) groups excluding carboxylic acids is 4. The molecule has 3 aliphatic rings. The molecule has 5 rings (SSSR count). The van der Waals surface area contributed by atoms with Crippen molar-refractivity contribution in [3.63, 3.8) is 0 Å². The molecule has 0 aromatic heterocycles. The summed E-state index contributed by atoms with van der Waals surface area (Å²) in [5, 5.41) is 3.74. The first-order valence-electron chi connectivity index (χ1n) is 14.8. The molecule has 0 radical (unpaired) electrons. The summed E-state index contributed by atoms with van der Waals surface area (Å²) < 4.78 is 0. The summed E-state index contributed by atoms with van der Waals surface area (Å²) >= 11 is 6.52. The highest BCUT2D eigenvalue weighted by molar-refractivity contribution is 6.31. The molecule has 8 heteroatoms. The zero-order valence-electron chi connectivity index (χ0n) is 23.3. The third-order valence-electron chi connectivity index (χ3n) is 8.67. The van der Waals surface area contributed by atoms with E-state index in [9.17, 15) is 19.2 Å². The Morgan fingerprint density at radius 3 is 2.20 bits per heavy atom. The zero-order valence-corrected chi connectivity index (χ0v) is 24.1. The predicted octanol–water partition coefficient (Wildman–Crippen LogP) is 5.07. The number of halogens is 1. The number of imide groups is 1. The Morgan fingerprint density at radius 1 is 0.902 bits per heavy atom. The molecule has 2 aliphatic carbocycles. The van der Waals surface area contributed by atoms with E-state index in [1.165, 1.54) is 11.3 Å². The number of hydrogen-bond acceptors (Lipinski definition) is 4. The van der Waals surface area contributed by atoms with Crippen LogP contribution in [-0.2, 0) is 32.1 Å². The lowest BCUT2D eigenvalue weighted by molar-refractivity contribution is -0.144. The predicted molar refractivity (Wildman–Crippen MR) is 158 cm³/mol. The van der Waals surface area contributed by atoms with Crippen molar-refractivity contribution in [3.8, 4) is 0 Å². The first-order valence-corrected chi connectivity index (χ1v) is 15.2. The first-order chi connectivity index (χ1) is 19.9. The van der Waals surface area contributed by atoms with Crippen LogP contribution in [0.5, 0.6) is 0 Å². The summed E-state index contributed by atoms with van der Waals surface area (Å²) in [5.41, 5.74) is 1.67. The Kier molecular flexibility index (Phi) is 9.55. The number of carbonyl (C=O) groups is 4. The fourth-order valence-electron chi connectivity index (χ4n) is 6.35. The van der Waals surface area contributed by atoms with Crippen molar-refractivity contribution in [2.75, 3.05) is 6.54 Å². The molecule has 2 fully saturated rings. The van der Waals surface area contributed by atoms with E-state index < -0.39 is 6.04 Å². The fraction of sp³-hybridized carbons (Fsp3) is 0.455. The minimum absolute atomic E-state index is 0.00478. The molecular formula is C33H38ClN3O4. The molecule has 2 aromatic rings. The van der Waals surface area contributed by atoms with E-state index in [1.807, 2.05) is 60.7 Å². The van der Waals surface area contributed by atoms with Gasteiger partial charge < -0.3 is 10.2 Å². The van der Waals surface area contributed by atoms with Crippen molar-refractivity contribution in [1.29, 1.82) is 0 Å². The molecule has 1 saturated carbocycles. The number of rotatable bonds is 10. The second-order valence-electron chi connectivity index (χ2n) is 11.4. The average molecular weight is 576 g/mol. The van der Waals surface area contributed by atoms with Crippen LogP contribution in [0.15, 0.2) is 66.7 Å². The maximum atomic E-state index is 14.0. The lowest BCUT2D eigenvalue weighted by atomic mass is 9.85. The molecule has 0 spiro atoms. The molecule has 3 atom stereocenters. The number of nitrogens with zero attached hydrogens (tertiary/aromatic N) is 2. The smallest absolute Gasteiger partial charge is 0.243 e. The standard InChI is InChI=1S/C33H38ClN3O4/c34-28-18-10-7-13-24(28)22-37(30(38)19-20-36-32(40)26-16-8-9-17-27(26)33(36)41)29(21-23-11-3-1-4-12-23)31(39)35-25-14-5-2-6-15-25/h1,3-4,7-13,18,25-27,29H,2,5-6,14-17,19-22H2,(H,35,39)/t26-,27+,29?. The van der Waals surface area contributed by atoms with Crippen LogP contribution in [0.3, 0.4) is 0 Å². The van der Waals surface area contributed by atoms with Crippen LogP contribution in [0.4, 0.5) is 0 Å². The van der Waals surface area contributed by atoms with Gasteiger partial charge in [0.25, 0.3) is 0 Å². The highest BCUT2D eigenvalue weighted by atomic mass is 35.5. The monoisotopic (exact) mass is 575 g/mol. The molecule has 1 aliphatic heterocycles. The Hall–Kier alpha value is -3.45. The lowest BCUT2D eigenvalue weighted by Gasteiger charge is -2.34. The number of nitrogens with one attached hydrogen (secondary N) is 1. The molecule has 7 nitrogen and oxygen atoms in total. The molecule has 1 N–H and O–H groups in total. The van der Waals surface area contributed by atoms with Gasteiger partial charge in [0.15, 0.2) is 0 Å².